The molecule has 1 unspecified atom stereocenters. The van der Waals surface area contributed by atoms with Crippen molar-refractivity contribution >= 4 is 0 Å². The first-order chi connectivity index (χ1) is 8.85. The molecule has 3 nitrogen and oxygen atoms in total. The fourth-order valence-corrected chi connectivity index (χ4v) is 2.15. The van der Waals surface area contributed by atoms with E-state index in [1.54, 1.807) is 0 Å². The maximum absolute atomic E-state index is 5.92. The first kappa shape index (κ1) is 13.2. The average Bonchev–Trinajstić information content (AvgIpc) is 3.21. The van der Waals surface area contributed by atoms with E-state index in [0.29, 0.717) is 12.6 Å². The Morgan fingerprint density at radius 2 is 1.83 bits per heavy atom. The quantitative estimate of drug-likeness (QED) is 0.768. The number of rotatable bonds is 8. The highest BCUT2D eigenvalue weighted by Gasteiger charge is 2.31. The van der Waals surface area contributed by atoms with Crippen LogP contribution < -0.4 is 14.8 Å². The van der Waals surface area contributed by atoms with Gasteiger partial charge in [0.1, 0.15) is 6.61 Å². The van der Waals surface area contributed by atoms with Crippen LogP contribution in [0, 0.1) is 5.92 Å². The molecule has 0 aliphatic heterocycles. The van der Waals surface area contributed by atoms with Crippen molar-refractivity contribution < 1.29 is 9.47 Å². The Morgan fingerprint density at radius 1 is 1.17 bits per heavy atom. The van der Waals surface area contributed by atoms with Crippen molar-refractivity contribution in [2.45, 2.75) is 32.7 Å². The van der Waals surface area contributed by atoms with E-state index in [0.717, 1.165) is 30.6 Å². The van der Waals surface area contributed by atoms with Crippen LogP contribution in [0.15, 0.2) is 24.3 Å². The highest BCUT2D eigenvalue weighted by atomic mass is 16.5. The minimum atomic E-state index is 0.477. The van der Waals surface area contributed by atoms with Crippen molar-refractivity contribution in [3.05, 3.63) is 24.3 Å². The molecule has 1 atom stereocenters. The van der Waals surface area contributed by atoms with Crippen LogP contribution in [0.5, 0.6) is 11.5 Å². The topological polar surface area (TPSA) is 30.5 Å². The van der Waals surface area contributed by atoms with Crippen LogP contribution in [0.2, 0.25) is 0 Å². The lowest BCUT2D eigenvalue weighted by Gasteiger charge is -2.19. The Balaban J connectivity index is 1.91. The summed E-state index contributed by atoms with van der Waals surface area (Å²) in [6.07, 6.45) is 2.66. The molecule has 3 heteroatoms. The first-order valence-corrected chi connectivity index (χ1v) is 6.93. The Morgan fingerprint density at radius 3 is 2.39 bits per heavy atom. The molecular weight excluding hydrogens is 226 g/mol. The van der Waals surface area contributed by atoms with Gasteiger partial charge in [-0.05, 0) is 44.4 Å². The van der Waals surface area contributed by atoms with Gasteiger partial charge in [-0.15, -0.1) is 0 Å². The van der Waals surface area contributed by atoms with Crippen molar-refractivity contribution in [2.24, 2.45) is 5.92 Å². The van der Waals surface area contributed by atoms with Crippen LogP contribution in [0.3, 0.4) is 0 Å². The molecule has 100 valence electrons. The molecule has 1 saturated carbocycles. The second kappa shape index (κ2) is 6.64. The summed E-state index contributed by atoms with van der Waals surface area (Å²) in [6.45, 7) is 6.52. The molecule has 0 heterocycles. The maximum Gasteiger partial charge on any atom is 0.161 e. The van der Waals surface area contributed by atoms with E-state index < -0.39 is 0 Å². The standard InChI is InChI=1S/C15H23NO2/c1-3-16-13(12-9-10-12)11-18-15-8-6-5-7-14(15)17-4-2/h5-8,12-13,16H,3-4,9-11H2,1-2H3. The molecule has 2 rings (SSSR count). The summed E-state index contributed by atoms with van der Waals surface area (Å²) in [4.78, 5) is 0. The van der Waals surface area contributed by atoms with Crippen molar-refractivity contribution in [1.29, 1.82) is 0 Å². The van der Waals surface area contributed by atoms with Gasteiger partial charge in [-0.1, -0.05) is 19.1 Å². The van der Waals surface area contributed by atoms with Gasteiger partial charge in [-0.25, -0.2) is 0 Å². The summed E-state index contributed by atoms with van der Waals surface area (Å²) in [7, 11) is 0. The third-order valence-corrected chi connectivity index (χ3v) is 3.22. The second-order valence-corrected chi connectivity index (χ2v) is 4.69. The average molecular weight is 249 g/mol. The minimum Gasteiger partial charge on any atom is -0.490 e. The van der Waals surface area contributed by atoms with Gasteiger partial charge in [0.05, 0.1) is 6.61 Å². The lowest BCUT2D eigenvalue weighted by molar-refractivity contribution is 0.234. The van der Waals surface area contributed by atoms with Crippen LogP contribution in [-0.2, 0) is 0 Å². The maximum atomic E-state index is 5.92. The van der Waals surface area contributed by atoms with Gasteiger partial charge in [0.25, 0.3) is 0 Å². The van der Waals surface area contributed by atoms with E-state index >= 15 is 0 Å². The van der Waals surface area contributed by atoms with E-state index in [-0.39, 0.29) is 0 Å². The lowest BCUT2D eigenvalue weighted by Crippen LogP contribution is -2.36. The Bertz CT molecular complexity index is 363. The lowest BCUT2D eigenvalue weighted by atomic mass is 10.2. The highest BCUT2D eigenvalue weighted by Crippen LogP contribution is 2.33. The molecule has 1 N–H and O–H groups in total. The van der Waals surface area contributed by atoms with Gasteiger partial charge >= 0.3 is 0 Å². The summed E-state index contributed by atoms with van der Waals surface area (Å²) in [5.74, 6) is 2.48. The predicted molar refractivity (Wildman–Crippen MR) is 73.3 cm³/mol. The number of hydrogen-bond donors (Lipinski definition) is 1. The molecule has 1 aromatic carbocycles. The van der Waals surface area contributed by atoms with Gasteiger partial charge in [0.15, 0.2) is 11.5 Å². The van der Waals surface area contributed by atoms with E-state index in [1.807, 2.05) is 31.2 Å². The van der Waals surface area contributed by atoms with Gasteiger partial charge in [-0.3, -0.25) is 0 Å². The molecule has 0 spiro atoms. The normalized spacial score (nSPS) is 16.3. The van der Waals surface area contributed by atoms with Crippen LogP contribution in [0.1, 0.15) is 26.7 Å². The number of para-hydroxylation sites is 2. The van der Waals surface area contributed by atoms with Gasteiger partial charge in [0.2, 0.25) is 0 Å². The van der Waals surface area contributed by atoms with E-state index in [2.05, 4.69) is 12.2 Å². The summed E-state index contributed by atoms with van der Waals surface area (Å²) < 4.78 is 11.5. The molecule has 0 saturated heterocycles. The van der Waals surface area contributed by atoms with Crippen LogP contribution >= 0.6 is 0 Å². The molecule has 0 aromatic heterocycles. The van der Waals surface area contributed by atoms with Crippen molar-refractivity contribution in [3.8, 4) is 11.5 Å². The summed E-state index contributed by atoms with van der Waals surface area (Å²) in [6, 6.07) is 8.36. The van der Waals surface area contributed by atoms with E-state index in [1.165, 1.54) is 12.8 Å². The van der Waals surface area contributed by atoms with Gasteiger partial charge in [0, 0.05) is 6.04 Å². The summed E-state index contributed by atoms with van der Waals surface area (Å²) >= 11 is 0. The van der Waals surface area contributed by atoms with Crippen molar-refractivity contribution in [2.75, 3.05) is 19.8 Å². The molecule has 1 aromatic rings. The smallest absolute Gasteiger partial charge is 0.161 e. The van der Waals surface area contributed by atoms with E-state index in [9.17, 15) is 0 Å². The third-order valence-electron chi connectivity index (χ3n) is 3.22. The fourth-order valence-electron chi connectivity index (χ4n) is 2.15. The SMILES string of the molecule is CCNC(COc1ccccc1OCC)C1CC1. The van der Waals surface area contributed by atoms with Crippen LogP contribution in [0.4, 0.5) is 0 Å². The molecular formula is C15H23NO2. The van der Waals surface area contributed by atoms with Gasteiger partial charge < -0.3 is 14.8 Å². The number of ether oxygens (including phenoxy) is 2. The molecule has 0 amide bonds. The molecule has 1 aliphatic rings. The Hall–Kier alpha value is -1.22. The van der Waals surface area contributed by atoms with E-state index in [4.69, 9.17) is 9.47 Å². The molecule has 1 aliphatic carbocycles. The van der Waals surface area contributed by atoms with Crippen molar-refractivity contribution in [3.63, 3.8) is 0 Å². The number of hydrogen-bond acceptors (Lipinski definition) is 3. The number of nitrogens with one attached hydrogen (secondary N) is 1. The monoisotopic (exact) mass is 249 g/mol. The first-order valence-electron chi connectivity index (χ1n) is 6.93. The molecule has 0 radical (unpaired) electrons. The van der Waals surface area contributed by atoms with Crippen molar-refractivity contribution in [1.82, 2.24) is 5.32 Å². The Labute approximate surface area is 109 Å². The predicted octanol–water partition coefficient (Wildman–Crippen LogP) is 2.85. The molecule has 18 heavy (non-hydrogen) atoms. The largest absolute Gasteiger partial charge is 0.490 e. The fraction of sp³-hybridized carbons (Fsp3) is 0.600. The zero-order valence-electron chi connectivity index (χ0n) is 11.3. The minimum absolute atomic E-state index is 0.477. The highest BCUT2D eigenvalue weighted by molar-refractivity contribution is 5.39. The van der Waals surface area contributed by atoms with Crippen LogP contribution in [0.25, 0.3) is 0 Å². The molecule has 1 fully saturated rings. The second-order valence-electron chi connectivity index (χ2n) is 4.69. The van der Waals surface area contributed by atoms with Gasteiger partial charge in [-0.2, -0.15) is 0 Å². The van der Waals surface area contributed by atoms with Crippen LogP contribution in [-0.4, -0.2) is 25.8 Å². The number of likely N-dealkylation sites (N-methyl/N-ethyl adjacent to an activating group) is 1. The zero-order chi connectivity index (χ0) is 12.8. The number of benzene rings is 1. The summed E-state index contributed by atoms with van der Waals surface area (Å²) in [5.41, 5.74) is 0. The third kappa shape index (κ3) is 3.64. The summed E-state index contributed by atoms with van der Waals surface area (Å²) in [5, 5.41) is 3.50. The molecule has 0 bridgehead atoms. The zero-order valence-corrected chi connectivity index (χ0v) is 11.3. The Kier molecular flexibility index (Phi) is 4.88.